The average Bonchev–Trinajstić information content (AvgIpc) is 2.39. The van der Waals surface area contributed by atoms with Crippen molar-refractivity contribution in [3.63, 3.8) is 0 Å². The molecule has 0 fully saturated rings. The number of benzene rings is 1. The molecule has 17 heavy (non-hydrogen) atoms. The van der Waals surface area contributed by atoms with Crippen LogP contribution in [0.15, 0.2) is 42.6 Å². The topological polar surface area (TPSA) is 29.5 Å². The van der Waals surface area contributed by atoms with Gasteiger partial charge in [-0.05, 0) is 18.6 Å². The van der Waals surface area contributed by atoms with Crippen LogP contribution in [0.2, 0.25) is 0 Å². The fraction of sp³-hybridized carbons (Fsp3) is 0.357. The molecule has 0 saturated carbocycles. The summed E-state index contributed by atoms with van der Waals surface area (Å²) in [6, 6.07) is 10.0. The lowest BCUT2D eigenvalue weighted by Crippen LogP contribution is -2.17. The number of rotatable bonds is 6. The Kier molecular flexibility index (Phi) is 5.86. The average molecular weight is 233 g/mol. The number of esters is 1. The summed E-state index contributed by atoms with van der Waals surface area (Å²) in [6.07, 6.45) is 5.43. The largest absolute Gasteiger partial charge is 0.466 e. The number of carbonyl (C=O) groups is 1. The second kappa shape index (κ2) is 7.49. The van der Waals surface area contributed by atoms with Gasteiger partial charge < -0.3 is 9.64 Å². The van der Waals surface area contributed by atoms with Crippen LogP contribution in [0.25, 0.3) is 0 Å². The van der Waals surface area contributed by atoms with E-state index in [1.165, 1.54) is 13.2 Å². The van der Waals surface area contributed by atoms with Crippen LogP contribution in [-0.2, 0) is 9.53 Å². The molecule has 0 atom stereocenters. The number of carbonyl (C=O) groups excluding carboxylic acids is 1. The van der Waals surface area contributed by atoms with Crippen molar-refractivity contribution in [2.75, 3.05) is 18.6 Å². The Balaban J connectivity index is 2.74. The van der Waals surface area contributed by atoms with E-state index in [2.05, 4.69) is 16.6 Å². The van der Waals surface area contributed by atoms with Crippen LogP contribution < -0.4 is 4.90 Å². The normalized spacial score (nSPS) is 10.5. The van der Waals surface area contributed by atoms with Gasteiger partial charge in [0.15, 0.2) is 0 Å². The third-order valence-electron chi connectivity index (χ3n) is 2.43. The lowest BCUT2D eigenvalue weighted by atomic mass is 10.2. The molecule has 0 radical (unpaired) electrons. The molecule has 3 nitrogen and oxygen atoms in total. The molecule has 0 unspecified atom stereocenters. The minimum absolute atomic E-state index is 0.331. The first-order valence-corrected chi connectivity index (χ1v) is 5.85. The maximum Gasteiger partial charge on any atom is 0.331 e. The monoisotopic (exact) mass is 233 g/mol. The van der Waals surface area contributed by atoms with E-state index in [4.69, 9.17) is 0 Å². The van der Waals surface area contributed by atoms with Gasteiger partial charge >= 0.3 is 5.97 Å². The van der Waals surface area contributed by atoms with Crippen LogP contribution in [0.3, 0.4) is 0 Å². The molecule has 0 aliphatic heterocycles. The highest BCUT2D eigenvalue weighted by Gasteiger charge is 2.02. The van der Waals surface area contributed by atoms with Crippen molar-refractivity contribution in [1.82, 2.24) is 0 Å². The Bertz CT molecular complexity index is 360. The molecule has 92 valence electrons. The lowest BCUT2D eigenvalue weighted by Gasteiger charge is -2.19. The predicted molar refractivity (Wildman–Crippen MR) is 69.9 cm³/mol. The first-order chi connectivity index (χ1) is 8.27. The van der Waals surface area contributed by atoms with Crippen molar-refractivity contribution in [2.24, 2.45) is 0 Å². The molecule has 1 rings (SSSR count). The van der Waals surface area contributed by atoms with Gasteiger partial charge in [-0.1, -0.05) is 31.5 Å². The van der Waals surface area contributed by atoms with Crippen molar-refractivity contribution in [1.29, 1.82) is 0 Å². The van der Waals surface area contributed by atoms with Gasteiger partial charge in [-0.2, -0.15) is 0 Å². The fourth-order valence-electron chi connectivity index (χ4n) is 1.46. The Morgan fingerprint density at radius 1 is 1.35 bits per heavy atom. The molecular formula is C14H19NO2. The second-order valence-electron chi connectivity index (χ2n) is 3.72. The van der Waals surface area contributed by atoms with E-state index >= 15 is 0 Å². The first kappa shape index (κ1) is 13.3. The van der Waals surface area contributed by atoms with Crippen LogP contribution in [-0.4, -0.2) is 19.6 Å². The molecule has 0 spiro atoms. The van der Waals surface area contributed by atoms with E-state index in [-0.39, 0.29) is 5.97 Å². The van der Waals surface area contributed by atoms with Gasteiger partial charge in [0.05, 0.1) is 7.11 Å². The standard InChI is InChI=1S/C14H19NO2/c1-3-4-11-15(12-10-14(16)17-2)13-8-6-5-7-9-13/h5-10,12H,3-4,11H2,1-2H3. The fourth-order valence-corrected chi connectivity index (χ4v) is 1.46. The Hall–Kier alpha value is -1.77. The minimum Gasteiger partial charge on any atom is -0.466 e. The summed E-state index contributed by atoms with van der Waals surface area (Å²) in [5, 5.41) is 0. The zero-order valence-corrected chi connectivity index (χ0v) is 10.4. The SMILES string of the molecule is CCCCN(C=CC(=O)OC)c1ccccc1. The summed E-state index contributed by atoms with van der Waals surface area (Å²) in [6.45, 7) is 3.04. The number of nitrogens with zero attached hydrogens (tertiary/aromatic N) is 1. The van der Waals surface area contributed by atoms with Crippen LogP contribution in [0, 0.1) is 0 Å². The lowest BCUT2D eigenvalue weighted by molar-refractivity contribution is -0.134. The predicted octanol–water partition coefficient (Wildman–Crippen LogP) is 2.98. The van der Waals surface area contributed by atoms with Crippen LogP contribution >= 0.6 is 0 Å². The maximum atomic E-state index is 11.1. The molecule has 0 N–H and O–H groups in total. The van der Waals surface area contributed by atoms with E-state index in [0.29, 0.717) is 0 Å². The molecule has 0 aromatic heterocycles. The summed E-state index contributed by atoms with van der Waals surface area (Å²) >= 11 is 0. The van der Waals surface area contributed by atoms with Crippen molar-refractivity contribution in [3.05, 3.63) is 42.6 Å². The number of anilines is 1. The number of methoxy groups -OCH3 is 1. The Morgan fingerprint density at radius 3 is 2.65 bits per heavy atom. The van der Waals surface area contributed by atoms with Gasteiger partial charge in [-0.3, -0.25) is 0 Å². The van der Waals surface area contributed by atoms with Crippen LogP contribution in [0.1, 0.15) is 19.8 Å². The minimum atomic E-state index is -0.331. The van der Waals surface area contributed by atoms with Crippen molar-refractivity contribution < 1.29 is 9.53 Å². The molecule has 0 bridgehead atoms. The third kappa shape index (κ3) is 4.72. The van der Waals surface area contributed by atoms with E-state index < -0.39 is 0 Å². The summed E-state index contributed by atoms with van der Waals surface area (Å²) < 4.78 is 4.59. The van der Waals surface area contributed by atoms with Gasteiger partial charge in [-0.15, -0.1) is 0 Å². The van der Waals surface area contributed by atoms with Crippen LogP contribution in [0.5, 0.6) is 0 Å². The molecule has 0 heterocycles. The molecule has 0 saturated heterocycles. The number of unbranched alkanes of at least 4 members (excludes halogenated alkanes) is 1. The van der Waals surface area contributed by atoms with E-state index in [0.717, 1.165) is 25.1 Å². The zero-order chi connectivity index (χ0) is 12.5. The van der Waals surface area contributed by atoms with Gasteiger partial charge in [0.25, 0.3) is 0 Å². The van der Waals surface area contributed by atoms with Gasteiger partial charge in [0.1, 0.15) is 0 Å². The molecule has 1 aromatic rings. The number of hydrogen-bond acceptors (Lipinski definition) is 3. The van der Waals surface area contributed by atoms with Gasteiger partial charge in [0.2, 0.25) is 0 Å². The maximum absolute atomic E-state index is 11.1. The number of hydrogen-bond donors (Lipinski definition) is 0. The first-order valence-electron chi connectivity index (χ1n) is 5.85. The Labute approximate surface area is 103 Å². The number of para-hydroxylation sites is 1. The van der Waals surface area contributed by atoms with Crippen LogP contribution in [0.4, 0.5) is 5.69 Å². The molecule has 3 heteroatoms. The summed E-state index contributed by atoms with van der Waals surface area (Å²) in [7, 11) is 1.38. The zero-order valence-electron chi connectivity index (χ0n) is 10.4. The molecule has 0 aliphatic carbocycles. The van der Waals surface area contributed by atoms with E-state index in [1.807, 2.05) is 30.3 Å². The summed E-state index contributed by atoms with van der Waals surface area (Å²) in [5.41, 5.74) is 1.08. The third-order valence-corrected chi connectivity index (χ3v) is 2.43. The molecule has 0 aliphatic rings. The highest BCUT2D eigenvalue weighted by molar-refractivity contribution is 5.82. The smallest absolute Gasteiger partial charge is 0.331 e. The quantitative estimate of drug-likeness (QED) is 0.559. The highest BCUT2D eigenvalue weighted by atomic mass is 16.5. The van der Waals surface area contributed by atoms with Gasteiger partial charge in [-0.25, -0.2) is 4.79 Å². The second-order valence-corrected chi connectivity index (χ2v) is 3.72. The molecule has 0 amide bonds. The Morgan fingerprint density at radius 2 is 2.06 bits per heavy atom. The highest BCUT2D eigenvalue weighted by Crippen LogP contribution is 2.14. The van der Waals surface area contributed by atoms with E-state index in [1.54, 1.807) is 6.20 Å². The number of ether oxygens (including phenoxy) is 1. The summed E-state index contributed by atoms with van der Waals surface area (Å²) in [4.78, 5) is 13.1. The van der Waals surface area contributed by atoms with Gasteiger partial charge in [0, 0.05) is 24.5 Å². The van der Waals surface area contributed by atoms with E-state index in [9.17, 15) is 4.79 Å². The molecular weight excluding hydrogens is 214 g/mol. The van der Waals surface area contributed by atoms with Crippen molar-refractivity contribution in [3.8, 4) is 0 Å². The van der Waals surface area contributed by atoms with Crippen molar-refractivity contribution >= 4 is 11.7 Å². The summed E-state index contributed by atoms with van der Waals surface area (Å²) in [5.74, 6) is -0.331. The van der Waals surface area contributed by atoms with Crippen molar-refractivity contribution in [2.45, 2.75) is 19.8 Å². The molecule has 1 aromatic carbocycles.